The molecule has 0 atom stereocenters. The number of hydrogen-bond acceptors (Lipinski definition) is 6. The Labute approximate surface area is 172 Å². The average molecular weight is 405 g/mol. The molecule has 1 amide bonds. The van der Waals surface area contributed by atoms with Crippen molar-refractivity contribution >= 4 is 23.1 Å². The van der Waals surface area contributed by atoms with Crippen molar-refractivity contribution in [1.29, 1.82) is 0 Å². The number of hydrazine groups is 2. The predicted molar refractivity (Wildman–Crippen MR) is 113 cm³/mol. The first-order valence-corrected chi connectivity index (χ1v) is 9.78. The van der Waals surface area contributed by atoms with Gasteiger partial charge in [0.2, 0.25) is 0 Å². The van der Waals surface area contributed by atoms with Gasteiger partial charge in [0, 0.05) is 11.3 Å². The van der Waals surface area contributed by atoms with Crippen LogP contribution in [0, 0.1) is 11.7 Å². The number of ether oxygens (including phenoxy) is 1. The highest BCUT2D eigenvalue weighted by Gasteiger charge is 2.22. The first kappa shape index (κ1) is 18.4. The lowest BCUT2D eigenvalue weighted by Gasteiger charge is -2.10. The Bertz CT molecular complexity index is 1100. The van der Waals surface area contributed by atoms with E-state index in [4.69, 9.17) is 4.74 Å². The molecular formula is C22H20FN5O2. The number of carbonyl (C=O) groups excluding carboxylic acids is 1. The van der Waals surface area contributed by atoms with Crippen LogP contribution in [0.4, 0.5) is 21.6 Å². The van der Waals surface area contributed by atoms with Gasteiger partial charge in [-0.1, -0.05) is 0 Å². The van der Waals surface area contributed by atoms with Crippen LogP contribution in [0.15, 0.2) is 54.6 Å². The molecule has 2 heterocycles. The SMILES string of the molecule is O=C(Nc1ccc(OCC2CC2)cc1)c1cc(-c2ccc3c(n2)NNN3)ccc1F. The summed E-state index contributed by atoms with van der Waals surface area (Å²) in [6, 6.07) is 15.1. The number of halogens is 1. The van der Waals surface area contributed by atoms with Gasteiger partial charge in [0.05, 0.1) is 23.6 Å². The van der Waals surface area contributed by atoms with Crippen molar-refractivity contribution in [3.63, 3.8) is 0 Å². The fourth-order valence-electron chi connectivity index (χ4n) is 3.16. The van der Waals surface area contributed by atoms with E-state index in [9.17, 15) is 9.18 Å². The number of carbonyl (C=O) groups is 1. The summed E-state index contributed by atoms with van der Waals surface area (Å²) >= 11 is 0. The number of nitrogens with one attached hydrogen (secondary N) is 4. The number of pyridine rings is 1. The lowest BCUT2D eigenvalue weighted by Crippen LogP contribution is -2.19. The Morgan fingerprint density at radius 2 is 1.93 bits per heavy atom. The highest BCUT2D eigenvalue weighted by atomic mass is 19.1. The maximum atomic E-state index is 14.4. The Balaban J connectivity index is 1.32. The summed E-state index contributed by atoms with van der Waals surface area (Å²) in [5.41, 5.74) is 11.1. The molecule has 8 heteroatoms. The van der Waals surface area contributed by atoms with Crippen molar-refractivity contribution in [2.24, 2.45) is 5.92 Å². The van der Waals surface area contributed by atoms with Crippen molar-refractivity contribution in [2.75, 3.05) is 22.8 Å². The summed E-state index contributed by atoms with van der Waals surface area (Å²) in [6.07, 6.45) is 2.45. The number of hydrogen-bond donors (Lipinski definition) is 4. The molecule has 1 saturated carbocycles. The minimum atomic E-state index is -0.594. The van der Waals surface area contributed by atoms with Gasteiger partial charge in [-0.25, -0.2) is 9.37 Å². The number of anilines is 3. The van der Waals surface area contributed by atoms with Crippen LogP contribution in [0.3, 0.4) is 0 Å². The van der Waals surface area contributed by atoms with Gasteiger partial charge >= 0.3 is 0 Å². The number of amides is 1. The molecule has 1 aliphatic heterocycles. The molecule has 2 aromatic carbocycles. The van der Waals surface area contributed by atoms with Gasteiger partial charge in [-0.3, -0.25) is 10.2 Å². The van der Waals surface area contributed by atoms with Crippen molar-refractivity contribution in [2.45, 2.75) is 12.8 Å². The van der Waals surface area contributed by atoms with E-state index in [1.807, 2.05) is 6.07 Å². The third kappa shape index (κ3) is 3.90. The number of rotatable bonds is 6. The topological polar surface area (TPSA) is 87.3 Å². The van der Waals surface area contributed by atoms with Crippen molar-refractivity contribution < 1.29 is 13.9 Å². The first-order chi connectivity index (χ1) is 14.7. The van der Waals surface area contributed by atoms with Crippen molar-refractivity contribution in [1.82, 2.24) is 10.5 Å². The normalized spacial score (nSPS) is 14.4. The summed E-state index contributed by atoms with van der Waals surface area (Å²) < 4.78 is 20.1. The summed E-state index contributed by atoms with van der Waals surface area (Å²) in [7, 11) is 0. The zero-order valence-electron chi connectivity index (χ0n) is 16.0. The largest absolute Gasteiger partial charge is 0.493 e. The fraction of sp³-hybridized carbons (Fsp3) is 0.182. The maximum absolute atomic E-state index is 14.4. The first-order valence-electron chi connectivity index (χ1n) is 9.78. The molecular weight excluding hydrogens is 385 g/mol. The number of nitrogens with zero attached hydrogens (tertiary/aromatic N) is 1. The maximum Gasteiger partial charge on any atom is 0.258 e. The lowest BCUT2D eigenvalue weighted by atomic mass is 10.1. The number of benzene rings is 2. The predicted octanol–water partition coefficient (Wildman–Crippen LogP) is 4.19. The van der Waals surface area contributed by atoms with Gasteiger partial charge in [0.25, 0.3) is 5.91 Å². The van der Waals surface area contributed by atoms with Crippen molar-refractivity contribution in [3.8, 4) is 17.0 Å². The molecule has 5 rings (SSSR count). The summed E-state index contributed by atoms with van der Waals surface area (Å²) in [5, 5.41) is 2.74. The Hall–Kier alpha value is -3.65. The monoisotopic (exact) mass is 405 g/mol. The Morgan fingerprint density at radius 1 is 1.10 bits per heavy atom. The second-order valence-electron chi connectivity index (χ2n) is 7.40. The number of fused-ring (bicyclic) bond motifs is 1. The van der Waals surface area contributed by atoms with Gasteiger partial charge in [0.15, 0.2) is 5.82 Å². The fourth-order valence-corrected chi connectivity index (χ4v) is 3.16. The molecule has 30 heavy (non-hydrogen) atoms. The quantitative estimate of drug-likeness (QED) is 0.492. The van der Waals surface area contributed by atoms with E-state index in [-0.39, 0.29) is 5.56 Å². The van der Waals surface area contributed by atoms with Crippen LogP contribution in [0.25, 0.3) is 11.3 Å². The molecule has 1 aliphatic carbocycles. The molecule has 152 valence electrons. The smallest absolute Gasteiger partial charge is 0.258 e. The van der Waals surface area contributed by atoms with E-state index in [2.05, 4.69) is 26.7 Å². The second kappa shape index (κ2) is 7.64. The van der Waals surface area contributed by atoms with Crippen LogP contribution in [-0.4, -0.2) is 17.5 Å². The Morgan fingerprint density at radius 3 is 2.73 bits per heavy atom. The van der Waals surface area contributed by atoms with E-state index in [0.717, 1.165) is 18.0 Å². The van der Waals surface area contributed by atoms with E-state index >= 15 is 0 Å². The van der Waals surface area contributed by atoms with Gasteiger partial charge < -0.3 is 15.5 Å². The van der Waals surface area contributed by atoms with Crippen LogP contribution >= 0.6 is 0 Å². The molecule has 7 nitrogen and oxygen atoms in total. The molecule has 3 aromatic rings. The van der Waals surface area contributed by atoms with Gasteiger partial charge in [-0.2, -0.15) is 0 Å². The van der Waals surface area contributed by atoms with E-state index < -0.39 is 11.7 Å². The molecule has 0 unspecified atom stereocenters. The van der Waals surface area contributed by atoms with Gasteiger partial charge in [0.1, 0.15) is 11.6 Å². The molecule has 0 bridgehead atoms. The molecule has 0 saturated heterocycles. The van der Waals surface area contributed by atoms with Crippen molar-refractivity contribution in [3.05, 3.63) is 66.0 Å². The molecule has 4 N–H and O–H groups in total. The van der Waals surface area contributed by atoms with E-state index in [0.29, 0.717) is 28.7 Å². The second-order valence-corrected chi connectivity index (χ2v) is 7.40. The van der Waals surface area contributed by atoms with Gasteiger partial charge in [-0.05, 0) is 73.4 Å². The van der Waals surface area contributed by atoms with Crippen LogP contribution in [0.2, 0.25) is 0 Å². The zero-order valence-corrected chi connectivity index (χ0v) is 16.0. The highest BCUT2D eigenvalue weighted by molar-refractivity contribution is 6.05. The molecule has 0 radical (unpaired) electrons. The molecule has 1 fully saturated rings. The van der Waals surface area contributed by atoms with Gasteiger partial charge in [-0.15, -0.1) is 5.53 Å². The minimum Gasteiger partial charge on any atom is -0.493 e. The highest BCUT2D eigenvalue weighted by Crippen LogP contribution is 2.30. The average Bonchev–Trinajstić information content (AvgIpc) is 3.48. The minimum absolute atomic E-state index is 0.0481. The molecule has 1 aromatic heterocycles. The Kier molecular flexibility index (Phi) is 4.68. The van der Waals surface area contributed by atoms with Crippen LogP contribution in [-0.2, 0) is 0 Å². The lowest BCUT2D eigenvalue weighted by molar-refractivity contribution is 0.102. The van der Waals surface area contributed by atoms with E-state index in [1.54, 1.807) is 36.4 Å². The third-order valence-electron chi connectivity index (χ3n) is 5.07. The number of aromatic nitrogens is 1. The van der Waals surface area contributed by atoms with E-state index in [1.165, 1.54) is 25.0 Å². The third-order valence-corrected chi connectivity index (χ3v) is 5.07. The van der Waals surface area contributed by atoms with Crippen LogP contribution in [0.1, 0.15) is 23.2 Å². The zero-order chi connectivity index (χ0) is 20.5. The van der Waals surface area contributed by atoms with Crippen LogP contribution < -0.4 is 26.4 Å². The summed E-state index contributed by atoms with van der Waals surface area (Å²) in [6.45, 7) is 0.724. The summed E-state index contributed by atoms with van der Waals surface area (Å²) in [5.74, 6) is 0.940. The molecule has 2 aliphatic rings. The molecule has 0 spiro atoms. The van der Waals surface area contributed by atoms with Crippen LogP contribution in [0.5, 0.6) is 5.75 Å². The standard InChI is InChI=1S/C22H20FN5O2/c23-18-8-3-14(19-9-10-20-21(25-19)27-28-26-20)11-17(18)22(29)24-15-4-6-16(7-5-15)30-12-13-1-2-13/h3-11,13,26,28H,1-2,12H2,(H,24,29)(H,25,27). The summed E-state index contributed by atoms with van der Waals surface area (Å²) in [4.78, 5) is 17.2.